The van der Waals surface area contributed by atoms with Crippen LogP contribution in [0.3, 0.4) is 0 Å². The second-order valence-electron chi connectivity index (χ2n) is 4.44. The van der Waals surface area contributed by atoms with Gasteiger partial charge in [-0.05, 0) is 26.0 Å². The molecule has 0 aliphatic carbocycles. The SMILES string of the molecule is CCn1ncc(S(=O)(=O)n2cnc3ccccc32)c1C. The van der Waals surface area contributed by atoms with Crippen molar-refractivity contribution in [1.82, 2.24) is 18.7 Å². The minimum atomic E-state index is -3.67. The van der Waals surface area contributed by atoms with E-state index < -0.39 is 10.0 Å². The first-order chi connectivity index (χ1) is 9.55. The highest BCUT2D eigenvalue weighted by Gasteiger charge is 2.24. The van der Waals surface area contributed by atoms with E-state index in [1.165, 1.54) is 16.5 Å². The minimum Gasteiger partial charge on any atom is -0.269 e. The molecule has 0 saturated heterocycles. The predicted octanol–water partition coefficient (Wildman–Crippen LogP) is 1.80. The van der Waals surface area contributed by atoms with Crippen LogP contribution in [-0.4, -0.2) is 27.2 Å². The first-order valence-electron chi connectivity index (χ1n) is 6.25. The van der Waals surface area contributed by atoms with E-state index in [0.29, 0.717) is 23.3 Å². The number of para-hydroxylation sites is 2. The Bertz CT molecular complexity index is 877. The van der Waals surface area contributed by atoms with Gasteiger partial charge in [-0.3, -0.25) is 4.68 Å². The van der Waals surface area contributed by atoms with Gasteiger partial charge in [0.05, 0.1) is 22.9 Å². The average Bonchev–Trinajstić information content (AvgIpc) is 3.02. The number of fused-ring (bicyclic) bond motifs is 1. The minimum absolute atomic E-state index is 0.211. The maximum atomic E-state index is 12.7. The highest BCUT2D eigenvalue weighted by Crippen LogP contribution is 2.22. The molecule has 20 heavy (non-hydrogen) atoms. The van der Waals surface area contributed by atoms with E-state index >= 15 is 0 Å². The normalized spacial score (nSPS) is 12.1. The van der Waals surface area contributed by atoms with Crippen molar-refractivity contribution < 1.29 is 8.42 Å². The van der Waals surface area contributed by atoms with Crippen molar-refractivity contribution in [1.29, 1.82) is 0 Å². The fourth-order valence-electron chi connectivity index (χ4n) is 2.24. The Balaban J connectivity index is 2.24. The number of nitrogens with zero attached hydrogens (tertiary/aromatic N) is 4. The number of aryl methyl sites for hydroxylation is 1. The number of hydrogen-bond donors (Lipinski definition) is 0. The fourth-order valence-corrected chi connectivity index (χ4v) is 3.69. The summed E-state index contributed by atoms with van der Waals surface area (Å²) in [6, 6.07) is 7.13. The second-order valence-corrected chi connectivity index (χ2v) is 6.23. The Kier molecular flexibility index (Phi) is 2.86. The van der Waals surface area contributed by atoms with Crippen LogP contribution in [0.1, 0.15) is 12.6 Å². The molecule has 0 aliphatic rings. The van der Waals surface area contributed by atoms with Crippen LogP contribution >= 0.6 is 0 Å². The monoisotopic (exact) mass is 290 g/mol. The van der Waals surface area contributed by atoms with Gasteiger partial charge >= 0.3 is 0 Å². The summed E-state index contributed by atoms with van der Waals surface area (Å²) in [5.74, 6) is 0. The third-order valence-corrected chi connectivity index (χ3v) is 5.08. The zero-order valence-corrected chi connectivity index (χ0v) is 12.0. The van der Waals surface area contributed by atoms with Crippen molar-refractivity contribution in [3.05, 3.63) is 42.5 Å². The molecule has 0 saturated carbocycles. The van der Waals surface area contributed by atoms with Gasteiger partial charge < -0.3 is 0 Å². The third kappa shape index (κ3) is 1.74. The summed E-state index contributed by atoms with van der Waals surface area (Å²) in [5.41, 5.74) is 1.85. The van der Waals surface area contributed by atoms with Gasteiger partial charge in [-0.2, -0.15) is 5.10 Å². The summed E-state index contributed by atoms with van der Waals surface area (Å²) in [4.78, 5) is 4.33. The molecule has 0 spiro atoms. The van der Waals surface area contributed by atoms with Crippen LogP contribution in [0.2, 0.25) is 0 Å². The van der Waals surface area contributed by atoms with Crippen LogP contribution < -0.4 is 0 Å². The van der Waals surface area contributed by atoms with E-state index in [1.807, 2.05) is 13.0 Å². The molecular weight excluding hydrogens is 276 g/mol. The lowest BCUT2D eigenvalue weighted by Gasteiger charge is -2.06. The molecule has 0 bridgehead atoms. The second kappa shape index (κ2) is 4.45. The molecule has 6 nitrogen and oxygen atoms in total. The van der Waals surface area contributed by atoms with Crippen molar-refractivity contribution in [2.24, 2.45) is 0 Å². The maximum Gasteiger partial charge on any atom is 0.272 e. The standard InChI is InChI=1S/C13H14N4O2S/c1-3-16-10(2)13(8-15-16)20(18,19)17-9-14-11-6-4-5-7-12(11)17/h4-9H,3H2,1-2H3. The van der Waals surface area contributed by atoms with Crippen LogP contribution in [0, 0.1) is 6.92 Å². The maximum absolute atomic E-state index is 12.7. The zero-order chi connectivity index (χ0) is 14.3. The van der Waals surface area contributed by atoms with Gasteiger partial charge in [0.1, 0.15) is 11.2 Å². The number of imidazole rings is 1. The third-order valence-electron chi connectivity index (χ3n) is 3.32. The van der Waals surface area contributed by atoms with Crippen LogP contribution in [0.15, 0.2) is 41.7 Å². The summed E-state index contributed by atoms with van der Waals surface area (Å²) in [6.45, 7) is 4.30. The summed E-state index contributed by atoms with van der Waals surface area (Å²) >= 11 is 0. The summed E-state index contributed by atoms with van der Waals surface area (Å²) in [5, 5.41) is 4.09. The van der Waals surface area contributed by atoms with Gasteiger partial charge in [0, 0.05) is 6.54 Å². The van der Waals surface area contributed by atoms with Crippen LogP contribution in [0.5, 0.6) is 0 Å². The molecule has 0 fully saturated rings. The molecule has 0 atom stereocenters. The summed E-state index contributed by atoms with van der Waals surface area (Å²) in [7, 11) is -3.67. The molecule has 104 valence electrons. The van der Waals surface area contributed by atoms with E-state index in [2.05, 4.69) is 10.1 Å². The highest BCUT2D eigenvalue weighted by molar-refractivity contribution is 7.90. The van der Waals surface area contributed by atoms with Crippen LogP contribution in [-0.2, 0) is 16.6 Å². The van der Waals surface area contributed by atoms with Gasteiger partial charge in [-0.25, -0.2) is 17.4 Å². The van der Waals surface area contributed by atoms with Gasteiger partial charge in [0.25, 0.3) is 10.0 Å². The topological polar surface area (TPSA) is 69.8 Å². The Hall–Kier alpha value is -2.15. The van der Waals surface area contributed by atoms with Gasteiger partial charge in [-0.1, -0.05) is 12.1 Å². The summed E-state index contributed by atoms with van der Waals surface area (Å²) < 4.78 is 28.3. The van der Waals surface area contributed by atoms with E-state index in [4.69, 9.17) is 0 Å². The molecule has 0 N–H and O–H groups in total. The van der Waals surface area contributed by atoms with Gasteiger partial charge in [0.15, 0.2) is 0 Å². The molecular formula is C13H14N4O2S. The first kappa shape index (κ1) is 12.9. The highest BCUT2D eigenvalue weighted by atomic mass is 32.2. The molecule has 7 heteroatoms. The largest absolute Gasteiger partial charge is 0.272 e. The van der Waals surface area contributed by atoms with E-state index in [9.17, 15) is 8.42 Å². The Morgan fingerprint density at radius 2 is 2.00 bits per heavy atom. The van der Waals surface area contributed by atoms with Gasteiger partial charge in [-0.15, -0.1) is 0 Å². The fraction of sp³-hybridized carbons (Fsp3) is 0.231. The first-order valence-corrected chi connectivity index (χ1v) is 7.69. The molecule has 3 rings (SSSR count). The van der Waals surface area contributed by atoms with Crippen LogP contribution in [0.4, 0.5) is 0 Å². The molecule has 2 aromatic heterocycles. The van der Waals surface area contributed by atoms with Crippen LogP contribution in [0.25, 0.3) is 11.0 Å². The molecule has 0 aliphatic heterocycles. The van der Waals surface area contributed by atoms with Crippen molar-refractivity contribution >= 4 is 21.1 Å². The average molecular weight is 290 g/mol. The van der Waals surface area contributed by atoms with E-state index in [-0.39, 0.29) is 4.90 Å². The molecule has 3 aromatic rings. The number of benzene rings is 1. The number of aromatic nitrogens is 4. The van der Waals surface area contributed by atoms with Crippen molar-refractivity contribution in [3.63, 3.8) is 0 Å². The quantitative estimate of drug-likeness (QED) is 0.737. The molecule has 0 unspecified atom stereocenters. The number of rotatable bonds is 3. The molecule has 0 amide bonds. The zero-order valence-electron chi connectivity index (χ0n) is 11.2. The smallest absolute Gasteiger partial charge is 0.269 e. The van der Waals surface area contributed by atoms with Gasteiger partial charge in [0.2, 0.25) is 0 Å². The lowest BCUT2D eigenvalue weighted by atomic mass is 10.3. The van der Waals surface area contributed by atoms with Crippen molar-refractivity contribution in [2.75, 3.05) is 0 Å². The molecule has 0 radical (unpaired) electrons. The lowest BCUT2D eigenvalue weighted by molar-refractivity contribution is 0.586. The Labute approximate surface area is 116 Å². The number of hydrogen-bond acceptors (Lipinski definition) is 4. The van der Waals surface area contributed by atoms with E-state index in [1.54, 1.807) is 29.8 Å². The summed E-state index contributed by atoms with van der Waals surface area (Å²) in [6.07, 6.45) is 2.73. The molecule has 2 heterocycles. The van der Waals surface area contributed by atoms with E-state index in [0.717, 1.165) is 0 Å². The molecule has 1 aromatic carbocycles. The predicted molar refractivity (Wildman–Crippen MR) is 75.0 cm³/mol. The van der Waals surface area contributed by atoms with Crippen molar-refractivity contribution in [3.8, 4) is 0 Å². The Morgan fingerprint density at radius 1 is 1.25 bits per heavy atom. The lowest BCUT2D eigenvalue weighted by Crippen LogP contribution is -2.13. The Morgan fingerprint density at radius 3 is 2.70 bits per heavy atom. The van der Waals surface area contributed by atoms with Crippen molar-refractivity contribution in [2.45, 2.75) is 25.3 Å².